The Kier molecular flexibility index (Phi) is 5.48. The fourth-order valence-electron chi connectivity index (χ4n) is 3.57. The molecule has 144 valence electrons. The van der Waals surface area contributed by atoms with Crippen molar-refractivity contribution in [2.75, 3.05) is 26.2 Å². The van der Waals surface area contributed by atoms with Gasteiger partial charge in [-0.2, -0.15) is 5.10 Å². The number of amides is 1. The molecule has 0 bridgehead atoms. The molecule has 1 aliphatic rings. The van der Waals surface area contributed by atoms with E-state index in [0.717, 1.165) is 24.2 Å². The van der Waals surface area contributed by atoms with E-state index in [1.165, 1.54) is 6.07 Å². The van der Waals surface area contributed by atoms with E-state index < -0.39 is 0 Å². The van der Waals surface area contributed by atoms with Gasteiger partial charge in [0, 0.05) is 50.7 Å². The molecule has 5 nitrogen and oxygen atoms in total. The fraction of sp³-hybridized carbons (Fsp3) is 0.273. The van der Waals surface area contributed by atoms with Crippen LogP contribution in [0.4, 0.5) is 4.39 Å². The predicted octanol–water partition coefficient (Wildman–Crippen LogP) is 3.03. The Morgan fingerprint density at radius 1 is 0.929 bits per heavy atom. The van der Waals surface area contributed by atoms with Gasteiger partial charge in [-0.25, -0.2) is 4.39 Å². The maximum absolute atomic E-state index is 13.4. The number of nitrogens with zero attached hydrogens (tertiary/aromatic N) is 4. The van der Waals surface area contributed by atoms with E-state index in [9.17, 15) is 9.18 Å². The third kappa shape index (κ3) is 4.46. The lowest BCUT2D eigenvalue weighted by Gasteiger charge is -2.34. The van der Waals surface area contributed by atoms with Gasteiger partial charge in [-0.15, -0.1) is 0 Å². The summed E-state index contributed by atoms with van der Waals surface area (Å²) in [4.78, 5) is 17.1. The molecule has 0 N–H and O–H groups in total. The van der Waals surface area contributed by atoms with Gasteiger partial charge in [0.25, 0.3) is 5.91 Å². The second kappa shape index (κ2) is 8.35. The van der Waals surface area contributed by atoms with Crippen molar-refractivity contribution in [3.05, 3.63) is 89.5 Å². The lowest BCUT2D eigenvalue weighted by Crippen LogP contribution is -2.48. The first-order valence-corrected chi connectivity index (χ1v) is 9.50. The maximum atomic E-state index is 13.4. The van der Waals surface area contributed by atoms with Crippen molar-refractivity contribution in [3.63, 3.8) is 0 Å². The van der Waals surface area contributed by atoms with Crippen molar-refractivity contribution in [1.82, 2.24) is 19.6 Å². The van der Waals surface area contributed by atoms with Crippen molar-refractivity contribution < 1.29 is 9.18 Å². The third-order valence-corrected chi connectivity index (χ3v) is 5.03. The van der Waals surface area contributed by atoms with Crippen LogP contribution in [0, 0.1) is 5.82 Å². The van der Waals surface area contributed by atoms with Crippen LogP contribution in [-0.2, 0) is 13.1 Å². The van der Waals surface area contributed by atoms with Gasteiger partial charge < -0.3 is 4.90 Å². The summed E-state index contributed by atoms with van der Waals surface area (Å²) in [6.45, 7) is 4.29. The van der Waals surface area contributed by atoms with Gasteiger partial charge >= 0.3 is 0 Å². The number of carbonyl (C=O) groups excluding carboxylic acids is 1. The van der Waals surface area contributed by atoms with Crippen molar-refractivity contribution in [3.8, 4) is 0 Å². The van der Waals surface area contributed by atoms with Gasteiger partial charge in [0.05, 0.1) is 6.54 Å². The van der Waals surface area contributed by atoms with Crippen LogP contribution in [0.15, 0.2) is 67.0 Å². The molecule has 2 heterocycles. The van der Waals surface area contributed by atoms with E-state index in [0.29, 0.717) is 31.7 Å². The molecule has 1 saturated heterocycles. The van der Waals surface area contributed by atoms with E-state index in [4.69, 9.17) is 0 Å². The first-order chi connectivity index (χ1) is 13.7. The number of halogens is 1. The maximum Gasteiger partial charge on any atom is 0.253 e. The molecule has 1 aromatic heterocycles. The van der Waals surface area contributed by atoms with Gasteiger partial charge in [0.15, 0.2) is 0 Å². The van der Waals surface area contributed by atoms with Crippen LogP contribution in [0.2, 0.25) is 0 Å². The Balaban J connectivity index is 1.35. The van der Waals surface area contributed by atoms with E-state index in [2.05, 4.69) is 10.00 Å². The minimum Gasteiger partial charge on any atom is -0.336 e. The molecule has 28 heavy (non-hydrogen) atoms. The summed E-state index contributed by atoms with van der Waals surface area (Å²) < 4.78 is 15.2. The molecule has 0 atom stereocenters. The summed E-state index contributed by atoms with van der Waals surface area (Å²) in [6, 6.07) is 16.3. The SMILES string of the molecule is O=C(c1cccc(Cn2cccn2)c1)N1CCN(Cc2cccc(F)c2)CC1. The highest BCUT2D eigenvalue weighted by Gasteiger charge is 2.22. The molecule has 1 fully saturated rings. The Bertz CT molecular complexity index is 933. The van der Waals surface area contributed by atoms with Crippen LogP contribution in [0.5, 0.6) is 0 Å². The zero-order valence-electron chi connectivity index (χ0n) is 15.7. The molecule has 0 unspecified atom stereocenters. The summed E-state index contributed by atoms with van der Waals surface area (Å²) in [5.74, 6) is -0.144. The van der Waals surface area contributed by atoms with E-state index in [-0.39, 0.29) is 11.7 Å². The third-order valence-electron chi connectivity index (χ3n) is 5.03. The molecule has 6 heteroatoms. The van der Waals surface area contributed by atoms with Gasteiger partial charge in [-0.05, 0) is 41.5 Å². The number of benzene rings is 2. The first kappa shape index (κ1) is 18.4. The van der Waals surface area contributed by atoms with Crippen molar-refractivity contribution in [2.24, 2.45) is 0 Å². The van der Waals surface area contributed by atoms with Gasteiger partial charge in [0.2, 0.25) is 0 Å². The van der Waals surface area contributed by atoms with Crippen LogP contribution < -0.4 is 0 Å². The summed E-state index contributed by atoms with van der Waals surface area (Å²) in [5.41, 5.74) is 2.73. The summed E-state index contributed by atoms with van der Waals surface area (Å²) >= 11 is 0. The monoisotopic (exact) mass is 378 g/mol. The molecule has 0 saturated carbocycles. The standard InChI is InChI=1S/C22H23FN4O/c23-21-7-2-5-19(15-21)16-25-10-12-26(13-11-25)22(28)20-6-1-4-18(14-20)17-27-9-3-8-24-27/h1-9,14-15H,10-13,16-17H2. The summed E-state index contributed by atoms with van der Waals surface area (Å²) in [6.07, 6.45) is 3.66. The number of rotatable bonds is 5. The Morgan fingerprint density at radius 2 is 1.68 bits per heavy atom. The fourth-order valence-corrected chi connectivity index (χ4v) is 3.57. The van der Waals surface area contributed by atoms with Crippen LogP contribution in [0.3, 0.4) is 0 Å². The molecule has 0 spiro atoms. The number of carbonyl (C=O) groups is 1. The largest absolute Gasteiger partial charge is 0.336 e. The average Bonchev–Trinajstić information content (AvgIpc) is 3.21. The molecule has 1 aliphatic heterocycles. The average molecular weight is 378 g/mol. The summed E-state index contributed by atoms with van der Waals surface area (Å²) in [5, 5.41) is 4.22. The quantitative estimate of drug-likeness (QED) is 0.685. The van der Waals surface area contributed by atoms with E-state index in [1.807, 2.05) is 52.2 Å². The molecule has 1 amide bonds. The number of hydrogen-bond donors (Lipinski definition) is 0. The van der Waals surface area contributed by atoms with Crippen LogP contribution in [0.25, 0.3) is 0 Å². The zero-order chi connectivity index (χ0) is 19.3. The number of hydrogen-bond acceptors (Lipinski definition) is 3. The topological polar surface area (TPSA) is 41.4 Å². The van der Waals surface area contributed by atoms with Crippen LogP contribution in [-0.4, -0.2) is 51.7 Å². The van der Waals surface area contributed by atoms with Gasteiger partial charge in [-0.3, -0.25) is 14.4 Å². The highest BCUT2D eigenvalue weighted by molar-refractivity contribution is 5.94. The molecule has 0 aliphatic carbocycles. The van der Waals surface area contributed by atoms with E-state index in [1.54, 1.807) is 18.3 Å². The van der Waals surface area contributed by atoms with Crippen molar-refractivity contribution in [1.29, 1.82) is 0 Å². The normalized spacial score (nSPS) is 15.0. The number of aromatic nitrogens is 2. The Labute approximate surface area is 164 Å². The molecule has 3 aromatic rings. The van der Waals surface area contributed by atoms with Gasteiger partial charge in [-0.1, -0.05) is 24.3 Å². The predicted molar refractivity (Wildman–Crippen MR) is 105 cm³/mol. The number of piperazine rings is 1. The highest BCUT2D eigenvalue weighted by atomic mass is 19.1. The lowest BCUT2D eigenvalue weighted by atomic mass is 10.1. The highest BCUT2D eigenvalue weighted by Crippen LogP contribution is 2.14. The van der Waals surface area contributed by atoms with Gasteiger partial charge in [0.1, 0.15) is 5.82 Å². The zero-order valence-corrected chi connectivity index (χ0v) is 15.7. The second-order valence-electron chi connectivity index (χ2n) is 7.10. The first-order valence-electron chi connectivity index (χ1n) is 9.50. The minimum absolute atomic E-state index is 0.0627. The van der Waals surface area contributed by atoms with Crippen LogP contribution >= 0.6 is 0 Å². The molecule has 2 aromatic carbocycles. The molecule has 4 rings (SSSR count). The van der Waals surface area contributed by atoms with Crippen LogP contribution in [0.1, 0.15) is 21.5 Å². The molecular weight excluding hydrogens is 355 g/mol. The molecular formula is C22H23FN4O. The Morgan fingerprint density at radius 3 is 2.39 bits per heavy atom. The van der Waals surface area contributed by atoms with E-state index >= 15 is 0 Å². The molecule has 0 radical (unpaired) electrons. The summed E-state index contributed by atoms with van der Waals surface area (Å²) in [7, 11) is 0. The smallest absolute Gasteiger partial charge is 0.253 e. The van der Waals surface area contributed by atoms with Crippen molar-refractivity contribution in [2.45, 2.75) is 13.1 Å². The van der Waals surface area contributed by atoms with Crippen molar-refractivity contribution >= 4 is 5.91 Å². The lowest BCUT2D eigenvalue weighted by molar-refractivity contribution is 0.0628. The second-order valence-corrected chi connectivity index (χ2v) is 7.10. The Hall–Kier alpha value is -2.99. The minimum atomic E-state index is -0.207.